The monoisotopic (exact) mass is 323 g/mol. The minimum atomic E-state index is -1.01. The number of carbonyl (C=O) groups excluding carboxylic acids is 1. The molecule has 4 heteroatoms. The van der Waals surface area contributed by atoms with Crippen LogP contribution in [0, 0.1) is 0 Å². The fourth-order valence-corrected chi connectivity index (χ4v) is 3.90. The summed E-state index contributed by atoms with van der Waals surface area (Å²) >= 11 is 0. The van der Waals surface area contributed by atoms with Crippen LogP contribution >= 0.6 is 0 Å². The van der Waals surface area contributed by atoms with Gasteiger partial charge in [0.1, 0.15) is 0 Å². The lowest BCUT2D eigenvalue weighted by Gasteiger charge is -2.44. The molecule has 0 spiro atoms. The summed E-state index contributed by atoms with van der Waals surface area (Å²) in [7, 11) is 0. The summed E-state index contributed by atoms with van der Waals surface area (Å²) in [4.78, 5) is 14.9. The number of hydrogen-bond acceptors (Lipinski definition) is 4. The van der Waals surface area contributed by atoms with E-state index in [0.717, 1.165) is 17.7 Å². The summed E-state index contributed by atoms with van der Waals surface area (Å²) in [5.41, 5.74) is 2.37. The zero-order valence-electron chi connectivity index (χ0n) is 13.8. The largest absolute Gasteiger partial charge is 0.462 e. The first kappa shape index (κ1) is 15.2. The van der Waals surface area contributed by atoms with Crippen LogP contribution in [0.3, 0.4) is 0 Å². The van der Waals surface area contributed by atoms with Crippen molar-refractivity contribution in [3.63, 3.8) is 0 Å². The molecule has 4 nitrogen and oxygen atoms in total. The molecule has 2 aromatic carbocycles. The standard InChI is InChI=1S/C20H21NO3/c1-2-23-19(22)20-13-12-18(15-8-4-3-5-9-15)21(20)17-11-7-6-10-16(17)14-24-20/h3-11,18H,2,12-14H2,1H3. The van der Waals surface area contributed by atoms with E-state index in [2.05, 4.69) is 29.2 Å². The van der Waals surface area contributed by atoms with Gasteiger partial charge >= 0.3 is 5.97 Å². The highest BCUT2D eigenvalue weighted by molar-refractivity contribution is 5.86. The van der Waals surface area contributed by atoms with E-state index >= 15 is 0 Å². The van der Waals surface area contributed by atoms with Crippen LogP contribution < -0.4 is 4.90 Å². The van der Waals surface area contributed by atoms with Crippen molar-refractivity contribution in [2.75, 3.05) is 11.5 Å². The lowest BCUT2D eigenvalue weighted by atomic mass is 10.0. The minimum Gasteiger partial charge on any atom is -0.462 e. The van der Waals surface area contributed by atoms with Crippen molar-refractivity contribution in [3.8, 4) is 0 Å². The highest BCUT2D eigenvalue weighted by Gasteiger charge is 2.56. The number of benzene rings is 2. The van der Waals surface area contributed by atoms with Gasteiger partial charge in [0.25, 0.3) is 0 Å². The fourth-order valence-electron chi connectivity index (χ4n) is 3.90. The molecule has 2 unspecified atom stereocenters. The second kappa shape index (κ2) is 5.95. The second-order valence-electron chi connectivity index (χ2n) is 6.26. The molecule has 0 N–H and O–H groups in total. The van der Waals surface area contributed by atoms with Gasteiger partial charge < -0.3 is 14.4 Å². The van der Waals surface area contributed by atoms with Gasteiger partial charge in [-0.15, -0.1) is 0 Å². The van der Waals surface area contributed by atoms with E-state index in [1.807, 2.05) is 37.3 Å². The molecule has 2 aromatic rings. The zero-order chi connectivity index (χ0) is 16.6. The molecule has 1 fully saturated rings. The molecule has 0 bridgehead atoms. The fraction of sp³-hybridized carbons (Fsp3) is 0.350. The van der Waals surface area contributed by atoms with Crippen molar-refractivity contribution in [3.05, 3.63) is 65.7 Å². The first-order valence-electron chi connectivity index (χ1n) is 8.49. The molecule has 2 aliphatic heterocycles. The van der Waals surface area contributed by atoms with Crippen LogP contribution in [0.25, 0.3) is 0 Å². The zero-order valence-corrected chi connectivity index (χ0v) is 13.8. The van der Waals surface area contributed by atoms with Crippen LogP contribution in [0.2, 0.25) is 0 Å². The van der Waals surface area contributed by atoms with Gasteiger partial charge in [0.05, 0.1) is 19.3 Å². The van der Waals surface area contributed by atoms with Crippen LogP contribution in [0.1, 0.15) is 36.9 Å². The Morgan fingerprint density at radius 2 is 1.96 bits per heavy atom. The van der Waals surface area contributed by atoms with E-state index in [0.29, 0.717) is 19.6 Å². The van der Waals surface area contributed by atoms with Crippen LogP contribution in [-0.4, -0.2) is 18.3 Å². The molecule has 0 saturated carbocycles. The average Bonchev–Trinajstić information content (AvgIpc) is 3.04. The van der Waals surface area contributed by atoms with E-state index in [1.54, 1.807) is 0 Å². The molecule has 24 heavy (non-hydrogen) atoms. The van der Waals surface area contributed by atoms with E-state index in [9.17, 15) is 4.79 Å². The van der Waals surface area contributed by atoms with Gasteiger partial charge in [-0.2, -0.15) is 0 Å². The molecule has 2 atom stereocenters. The predicted molar refractivity (Wildman–Crippen MR) is 91.5 cm³/mol. The molecule has 1 saturated heterocycles. The third-order valence-corrected chi connectivity index (χ3v) is 4.95. The van der Waals surface area contributed by atoms with E-state index in [-0.39, 0.29) is 12.0 Å². The molecule has 4 rings (SSSR count). The number of anilines is 1. The Labute approximate surface area is 142 Å². The van der Waals surface area contributed by atoms with Gasteiger partial charge in [0, 0.05) is 17.7 Å². The average molecular weight is 323 g/mol. The van der Waals surface area contributed by atoms with Crippen LogP contribution in [0.15, 0.2) is 54.6 Å². The van der Waals surface area contributed by atoms with Gasteiger partial charge in [0.15, 0.2) is 0 Å². The normalized spacial score (nSPS) is 25.0. The summed E-state index contributed by atoms with van der Waals surface area (Å²) < 4.78 is 11.5. The van der Waals surface area contributed by atoms with Crippen LogP contribution in [-0.2, 0) is 20.9 Å². The molecule has 0 radical (unpaired) electrons. The van der Waals surface area contributed by atoms with Crippen molar-refractivity contribution >= 4 is 11.7 Å². The van der Waals surface area contributed by atoms with Gasteiger partial charge in [-0.05, 0) is 25.0 Å². The first-order valence-corrected chi connectivity index (χ1v) is 8.49. The number of rotatable bonds is 3. The number of esters is 1. The summed E-state index contributed by atoms with van der Waals surface area (Å²) in [5, 5.41) is 0. The van der Waals surface area contributed by atoms with Crippen molar-refractivity contribution in [1.29, 1.82) is 0 Å². The SMILES string of the molecule is CCOC(=O)C12CCC(c3ccccc3)N1c1ccccc1CO2. The van der Waals surface area contributed by atoms with Gasteiger partial charge in [-0.3, -0.25) is 0 Å². The smallest absolute Gasteiger partial charge is 0.359 e. The number of hydrogen-bond donors (Lipinski definition) is 0. The summed E-state index contributed by atoms with van der Waals surface area (Å²) in [6.45, 7) is 2.63. The molecule has 0 amide bonds. The van der Waals surface area contributed by atoms with Crippen LogP contribution in [0.4, 0.5) is 5.69 Å². The number of ether oxygens (including phenoxy) is 2. The molecular formula is C20H21NO3. The Morgan fingerprint density at radius 3 is 2.75 bits per heavy atom. The van der Waals surface area contributed by atoms with Gasteiger partial charge in [-0.25, -0.2) is 4.79 Å². The van der Waals surface area contributed by atoms with Gasteiger partial charge in [-0.1, -0.05) is 48.5 Å². The maximum atomic E-state index is 12.8. The Bertz CT molecular complexity index is 746. The number of carbonyl (C=O) groups is 1. The van der Waals surface area contributed by atoms with Crippen molar-refractivity contribution in [2.24, 2.45) is 0 Å². The molecule has 0 aliphatic carbocycles. The topological polar surface area (TPSA) is 38.8 Å². The third kappa shape index (κ3) is 2.21. The van der Waals surface area contributed by atoms with Gasteiger partial charge in [0.2, 0.25) is 5.72 Å². The number of para-hydroxylation sites is 1. The van der Waals surface area contributed by atoms with Crippen molar-refractivity contribution in [1.82, 2.24) is 0 Å². The van der Waals surface area contributed by atoms with E-state index < -0.39 is 5.72 Å². The third-order valence-electron chi connectivity index (χ3n) is 4.95. The van der Waals surface area contributed by atoms with E-state index in [4.69, 9.17) is 9.47 Å². The molecule has 2 aliphatic rings. The number of fused-ring (bicyclic) bond motifs is 3. The lowest BCUT2D eigenvalue weighted by molar-refractivity contribution is -0.174. The molecule has 124 valence electrons. The Kier molecular flexibility index (Phi) is 3.77. The maximum absolute atomic E-state index is 12.8. The Morgan fingerprint density at radius 1 is 1.21 bits per heavy atom. The highest BCUT2D eigenvalue weighted by Crippen LogP contribution is 2.50. The maximum Gasteiger partial charge on any atom is 0.359 e. The van der Waals surface area contributed by atoms with E-state index in [1.165, 1.54) is 5.56 Å². The van der Waals surface area contributed by atoms with Crippen LogP contribution in [0.5, 0.6) is 0 Å². The molecule has 2 heterocycles. The molecular weight excluding hydrogens is 302 g/mol. The van der Waals surface area contributed by atoms with Crippen molar-refractivity contribution in [2.45, 2.75) is 38.1 Å². The summed E-state index contributed by atoms with van der Waals surface area (Å²) in [5.74, 6) is -0.280. The molecule has 0 aromatic heterocycles. The quantitative estimate of drug-likeness (QED) is 0.805. The predicted octanol–water partition coefficient (Wildman–Crippen LogP) is 3.82. The van der Waals surface area contributed by atoms with Crippen molar-refractivity contribution < 1.29 is 14.3 Å². The first-order chi connectivity index (χ1) is 11.8. The Balaban J connectivity index is 1.83. The number of nitrogens with zero attached hydrogens (tertiary/aromatic N) is 1. The summed E-state index contributed by atoms with van der Waals surface area (Å²) in [6, 6.07) is 18.6. The minimum absolute atomic E-state index is 0.108. The summed E-state index contributed by atoms with van der Waals surface area (Å²) in [6.07, 6.45) is 1.50. The second-order valence-corrected chi connectivity index (χ2v) is 6.26. The lowest BCUT2D eigenvalue weighted by Crippen LogP contribution is -2.56. The Hall–Kier alpha value is -2.33. The highest BCUT2D eigenvalue weighted by atomic mass is 16.6.